The summed E-state index contributed by atoms with van der Waals surface area (Å²) in [4.78, 5) is -0.248. The van der Waals surface area contributed by atoms with E-state index in [1.54, 1.807) is 6.07 Å². The average molecular weight is 395 g/mol. The lowest BCUT2D eigenvalue weighted by molar-refractivity contribution is 0.296. The first-order valence-corrected chi connectivity index (χ1v) is 10.3. The second-order valence-corrected chi connectivity index (χ2v) is 8.50. The monoisotopic (exact) mass is 395 g/mol. The summed E-state index contributed by atoms with van der Waals surface area (Å²) in [6, 6.07) is 7.70. The Kier molecular flexibility index (Phi) is 4.77. The molecule has 1 unspecified atom stereocenters. The van der Waals surface area contributed by atoms with Crippen molar-refractivity contribution in [3.05, 3.63) is 53.6 Å². The minimum Gasteiger partial charge on any atom is -0.490 e. The third-order valence-corrected chi connectivity index (χ3v) is 6.76. The smallest absolute Gasteiger partial charge is 0.243 e. The van der Waals surface area contributed by atoms with Crippen LogP contribution in [-0.2, 0) is 10.0 Å². The van der Waals surface area contributed by atoms with Crippen LogP contribution < -0.4 is 9.47 Å². The molecular weight excluding hydrogens is 376 g/mol. The van der Waals surface area contributed by atoms with Gasteiger partial charge in [-0.25, -0.2) is 17.2 Å². The minimum absolute atomic E-state index is 0.248. The van der Waals surface area contributed by atoms with Gasteiger partial charge in [0.15, 0.2) is 23.1 Å². The molecule has 1 atom stereocenters. The Hall–Kier alpha value is -2.19. The summed E-state index contributed by atoms with van der Waals surface area (Å²) < 4.78 is 65.4. The Morgan fingerprint density at radius 3 is 2.48 bits per heavy atom. The minimum atomic E-state index is -3.95. The van der Waals surface area contributed by atoms with Crippen LogP contribution in [0.2, 0.25) is 0 Å². The van der Waals surface area contributed by atoms with Gasteiger partial charge in [0, 0.05) is 13.0 Å². The van der Waals surface area contributed by atoms with E-state index in [1.807, 2.05) is 12.1 Å². The molecule has 0 saturated carbocycles. The SMILES string of the molecule is O=S(=O)(c1ccc(F)c(F)c1)N1CCCC1c1ccc2c(c1)OCCCO2. The van der Waals surface area contributed by atoms with E-state index in [4.69, 9.17) is 9.47 Å². The largest absolute Gasteiger partial charge is 0.490 e. The molecule has 2 aliphatic heterocycles. The van der Waals surface area contributed by atoms with Crippen molar-refractivity contribution in [2.45, 2.75) is 30.2 Å². The topological polar surface area (TPSA) is 55.8 Å². The van der Waals surface area contributed by atoms with E-state index in [0.717, 1.165) is 30.2 Å². The summed E-state index contributed by atoms with van der Waals surface area (Å²) >= 11 is 0. The lowest BCUT2D eigenvalue weighted by atomic mass is 10.0. The van der Waals surface area contributed by atoms with Crippen molar-refractivity contribution in [1.29, 1.82) is 0 Å². The Morgan fingerprint density at radius 2 is 1.70 bits per heavy atom. The molecule has 5 nitrogen and oxygen atoms in total. The van der Waals surface area contributed by atoms with Gasteiger partial charge < -0.3 is 9.47 Å². The van der Waals surface area contributed by atoms with E-state index in [1.165, 1.54) is 4.31 Å². The number of halogens is 2. The van der Waals surface area contributed by atoms with Crippen molar-refractivity contribution in [2.24, 2.45) is 0 Å². The number of rotatable bonds is 3. The number of hydrogen-bond acceptors (Lipinski definition) is 4. The predicted octanol–water partition coefficient (Wildman–Crippen LogP) is 3.65. The lowest BCUT2D eigenvalue weighted by Crippen LogP contribution is -2.30. The lowest BCUT2D eigenvalue weighted by Gasteiger charge is -2.25. The first-order chi connectivity index (χ1) is 13.0. The molecule has 2 aromatic rings. The number of benzene rings is 2. The molecule has 0 amide bonds. The number of nitrogens with zero attached hydrogens (tertiary/aromatic N) is 1. The average Bonchev–Trinajstić information content (AvgIpc) is 3.04. The molecule has 2 aromatic carbocycles. The molecule has 0 N–H and O–H groups in total. The fourth-order valence-electron chi connectivity index (χ4n) is 3.52. The van der Waals surface area contributed by atoms with E-state index >= 15 is 0 Å². The summed E-state index contributed by atoms with van der Waals surface area (Å²) in [5, 5.41) is 0. The van der Waals surface area contributed by atoms with Gasteiger partial charge in [-0.05, 0) is 48.7 Å². The number of fused-ring (bicyclic) bond motifs is 1. The van der Waals surface area contributed by atoms with Crippen LogP contribution in [0.15, 0.2) is 41.3 Å². The molecule has 0 spiro atoms. The Bertz CT molecular complexity index is 964. The zero-order valence-electron chi connectivity index (χ0n) is 14.5. The van der Waals surface area contributed by atoms with Crippen LogP contribution in [0.3, 0.4) is 0 Å². The summed E-state index contributed by atoms with van der Waals surface area (Å²) in [5.41, 5.74) is 0.794. The quantitative estimate of drug-likeness (QED) is 0.796. The van der Waals surface area contributed by atoms with Crippen LogP contribution in [0.1, 0.15) is 30.9 Å². The van der Waals surface area contributed by atoms with E-state index in [9.17, 15) is 17.2 Å². The van der Waals surface area contributed by atoms with Gasteiger partial charge in [0.25, 0.3) is 0 Å². The van der Waals surface area contributed by atoms with Gasteiger partial charge in [0.2, 0.25) is 10.0 Å². The van der Waals surface area contributed by atoms with Crippen molar-refractivity contribution in [1.82, 2.24) is 4.31 Å². The van der Waals surface area contributed by atoms with Gasteiger partial charge in [-0.3, -0.25) is 0 Å². The molecule has 0 aliphatic carbocycles. The fourth-order valence-corrected chi connectivity index (χ4v) is 5.22. The van der Waals surface area contributed by atoms with Gasteiger partial charge in [0.05, 0.1) is 24.2 Å². The van der Waals surface area contributed by atoms with Crippen molar-refractivity contribution in [3.8, 4) is 11.5 Å². The Balaban J connectivity index is 1.68. The van der Waals surface area contributed by atoms with Gasteiger partial charge in [-0.1, -0.05) is 6.07 Å². The number of sulfonamides is 1. The van der Waals surface area contributed by atoms with E-state index in [0.29, 0.717) is 44.1 Å². The van der Waals surface area contributed by atoms with Gasteiger partial charge in [0.1, 0.15) is 0 Å². The second-order valence-electron chi connectivity index (χ2n) is 6.61. The molecule has 144 valence electrons. The van der Waals surface area contributed by atoms with Crippen LogP contribution in [0.25, 0.3) is 0 Å². The van der Waals surface area contributed by atoms with Crippen LogP contribution in [0.4, 0.5) is 8.78 Å². The molecule has 0 bridgehead atoms. The van der Waals surface area contributed by atoms with E-state index < -0.39 is 21.7 Å². The van der Waals surface area contributed by atoms with Gasteiger partial charge in [-0.2, -0.15) is 4.31 Å². The van der Waals surface area contributed by atoms with Gasteiger partial charge in [-0.15, -0.1) is 0 Å². The zero-order chi connectivity index (χ0) is 19.0. The van der Waals surface area contributed by atoms with Crippen molar-refractivity contribution < 1.29 is 26.7 Å². The number of hydrogen-bond donors (Lipinski definition) is 0. The molecule has 4 rings (SSSR count). The summed E-state index contributed by atoms with van der Waals surface area (Å²) in [5.74, 6) is -1.01. The molecule has 1 fully saturated rings. The molecule has 1 saturated heterocycles. The highest BCUT2D eigenvalue weighted by Gasteiger charge is 2.37. The summed E-state index contributed by atoms with van der Waals surface area (Å²) in [6.07, 6.45) is 2.11. The summed E-state index contributed by atoms with van der Waals surface area (Å²) in [7, 11) is -3.95. The van der Waals surface area contributed by atoms with Crippen LogP contribution in [0, 0.1) is 11.6 Å². The Morgan fingerprint density at radius 1 is 0.926 bits per heavy atom. The maximum atomic E-state index is 13.6. The maximum Gasteiger partial charge on any atom is 0.243 e. The zero-order valence-corrected chi connectivity index (χ0v) is 15.3. The van der Waals surface area contributed by atoms with Crippen LogP contribution in [0.5, 0.6) is 11.5 Å². The maximum absolute atomic E-state index is 13.6. The predicted molar refractivity (Wildman–Crippen MR) is 94.3 cm³/mol. The second kappa shape index (κ2) is 7.09. The molecule has 0 aromatic heterocycles. The normalized spacial score (nSPS) is 20.4. The summed E-state index contributed by atoms with van der Waals surface area (Å²) in [6.45, 7) is 1.44. The van der Waals surface area contributed by atoms with Crippen LogP contribution >= 0.6 is 0 Å². The molecule has 0 radical (unpaired) electrons. The molecular formula is C19H19F2NO4S. The Labute approximate surface area is 156 Å². The van der Waals surface area contributed by atoms with E-state index in [-0.39, 0.29) is 10.9 Å². The van der Waals surface area contributed by atoms with Crippen molar-refractivity contribution in [3.63, 3.8) is 0 Å². The van der Waals surface area contributed by atoms with Gasteiger partial charge >= 0.3 is 0 Å². The van der Waals surface area contributed by atoms with Crippen LogP contribution in [-0.4, -0.2) is 32.5 Å². The number of ether oxygens (including phenoxy) is 2. The highest BCUT2D eigenvalue weighted by atomic mass is 32.2. The van der Waals surface area contributed by atoms with Crippen molar-refractivity contribution in [2.75, 3.05) is 19.8 Å². The fraction of sp³-hybridized carbons (Fsp3) is 0.368. The highest BCUT2D eigenvalue weighted by molar-refractivity contribution is 7.89. The molecule has 2 heterocycles. The molecule has 8 heteroatoms. The third kappa shape index (κ3) is 3.39. The first kappa shape index (κ1) is 18.2. The molecule has 27 heavy (non-hydrogen) atoms. The van der Waals surface area contributed by atoms with E-state index in [2.05, 4.69) is 0 Å². The third-order valence-electron chi connectivity index (χ3n) is 4.86. The molecule has 2 aliphatic rings. The first-order valence-electron chi connectivity index (χ1n) is 8.83. The standard InChI is InChI=1S/C19H19F2NO4S/c20-15-6-5-14(12-16(15)21)27(23,24)22-8-1-3-17(22)13-4-7-18-19(11-13)26-10-2-9-25-18/h4-7,11-12,17H,1-3,8-10H2. The van der Waals surface area contributed by atoms with Crippen molar-refractivity contribution >= 4 is 10.0 Å². The highest BCUT2D eigenvalue weighted by Crippen LogP contribution is 2.40.